The minimum absolute atomic E-state index is 0.207. The second-order valence-corrected chi connectivity index (χ2v) is 4.84. The number of rotatable bonds is 6. The number of amides is 1. The number of hydrazone groups is 1. The molecule has 19 heavy (non-hydrogen) atoms. The first kappa shape index (κ1) is 16.1. The van der Waals surface area contributed by atoms with Crippen molar-refractivity contribution in [1.82, 2.24) is 5.43 Å². The zero-order valence-corrected chi connectivity index (χ0v) is 12.5. The summed E-state index contributed by atoms with van der Waals surface area (Å²) in [6, 6.07) is 2.91. The zero-order chi connectivity index (χ0) is 14.3. The molecule has 0 heterocycles. The number of ether oxygens (including phenoxy) is 1. The molecule has 0 fully saturated rings. The van der Waals surface area contributed by atoms with Crippen LogP contribution in [0.5, 0.6) is 5.75 Å². The number of nitrogens with one attached hydrogen (secondary N) is 1. The van der Waals surface area contributed by atoms with Gasteiger partial charge < -0.3 is 4.74 Å². The number of unbranched alkanes of at least 4 members (excludes halogenated alkanes) is 1. The smallest absolute Gasteiger partial charge is 0.277 e. The van der Waals surface area contributed by atoms with Crippen molar-refractivity contribution in [3.05, 3.63) is 27.2 Å². The van der Waals surface area contributed by atoms with Crippen LogP contribution in [0.3, 0.4) is 0 Å². The van der Waals surface area contributed by atoms with Crippen LogP contribution in [0.15, 0.2) is 17.2 Å². The molecular weight excluding hydrogens is 311 g/mol. The second-order valence-electron chi connectivity index (χ2n) is 3.62. The molecule has 0 aliphatic carbocycles. The van der Waals surface area contributed by atoms with Gasteiger partial charge in [0.25, 0.3) is 5.91 Å². The van der Waals surface area contributed by atoms with E-state index in [1.54, 1.807) is 6.21 Å². The van der Waals surface area contributed by atoms with Gasteiger partial charge in [-0.2, -0.15) is 5.10 Å². The highest BCUT2D eigenvalue weighted by Gasteiger charge is 2.09. The summed E-state index contributed by atoms with van der Waals surface area (Å²) in [5.41, 5.74) is 2.34. The van der Waals surface area contributed by atoms with Gasteiger partial charge in [0.2, 0.25) is 0 Å². The van der Waals surface area contributed by atoms with Crippen LogP contribution in [-0.4, -0.2) is 18.7 Å². The Morgan fingerprint density at radius 2 is 2.00 bits per heavy atom. The summed E-state index contributed by atoms with van der Waals surface area (Å²) in [5, 5.41) is 4.67. The Bertz CT molecular complexity index is 478. The molecule has 1 rings (SSSR count). The van der Waals surface area contributed by atoms with Crippen molar-refractivity contribution in [2.24, 2.45) is 5.10 Å². The summed E-state index contributed by atoms with van der Waals surface area (Å²) in [6.07, 6.45) is 3.40. The van der Waals surface area contributed by atoms with Crippen LogP contribution in [0.4, 0.5) is 0 Å². The van der Waals surface area contributed by atoms with E-state index in [0.29, 0.717) is 15.8 Å². The van der Waals surface area contributed by atoms with Gasteiger partial charge in [-0.05, 0) is 12.5 Å². The van der Waals surface area contributed by atoms with E-state index in [1.807, 2.05) is 6.92 Å². The monoisotopic (exact) mass is 322 g/mol. The lowest BCUT2D eigenvalue weighted by Crippen LogP contribution is -2.24. The third-order valence-corrected chi connectivity index (χ3v) is 3.05. The van der Waals surface area contributed by atoms with Gasteiger partial charge >= 0.3 is 0 Å². The van der Waals surface area contributed by atoms with Crippen LogP contribution in [-0.2, 0) is 4.79 Å². The van der Waals surface area contributed by atoms with Gasteiger partial charge in [-0.3, -0.25) is 4.79 Å². The van der Waals surface area contributed by atoms with Crippen molar-refractivity contribution in [2.75, 3.05) is 6.61 Å². The van der Waals surface area contributed by atoms with Crippen LogP contribution in [0.25, 0.3) is 0 Å². The summed E-state index contributed by atoms with van der Waals surface area (Å²) >= 11 is 17.5. The molecule has 1 aromatic rings. The summed E-state index contributed by atoms with van der Waals surface area (Å²) in [6.45, 7) is 1.81. The molecule has 0 saturated carbocycles. The lowest BCUT2D eigenvalue weighted by Gasteiger charge is -2.08. The fourth-order valence-corrected chi connectivity index (χ4v) is 1.69. The molecule has 0 aliphatic heterocycles. The van der Waals surface area contributed by atoms with Crippen molar-refractivity contribution in [2.45, 2.75) is 19.8 Å². The zero-order valence-electron chi connectivity index (χ0n) is 10.3. The lowest BCUT2D eigenvalue weighted by molar-refractivity contribution is -0.123. The third-order valence-electron chi connectivity index (χ3n) is 2.03. The Morgan fingerprint density at radius 1 is 1.32 bits per heavy atom. The minimum atomic E-state index is -0.380. The Kier molecular flexibility index (Phi) is 6.99. The molecule has 0 radical (unpaired) electrons. The van der Waals surface area contributed by atoms with Crippen LogP contribution < -0.4 is 10.2 Å². The number of carbonyl (C=O) groups is 1. The van der Waals surface area contributed by atoms with Crippen LogP contribution in [0.1, 0.15) is 19.8 Å². The standard InChI is InChI=1S/C12H13Cl3N2O2/c1-2-3-4-16-17-12(18)7-19-11-6-9(14)8(13)5-10(11)15/h4-6H,2-3,7H2,1H3,(H,17,18). The van der Waals surface area contributed by atoms with Gasteiger partial charge in [0.1, 0.15) is 5.75 Å². The van der Waals surface area contributed by atoms with Crippen molar-refractivity contribution in [1.29, 1.82) is 0 Å². The maximum absolute atomic E-state index is 11.4. The van der Waals surface area contributed by atoms with Crippen molar-refractivity contribution < 1.29 is 9.53 Å². The number of hydrogen-bond donors (Lipinski definition) is 1. The van der Waals surface area contributed by atoms with E-state index in [9.17, 15) is 4.79 Å². The van der Waals surface area contributed by atoms with E-state index in [1.165, 1.54) is 12.1 Å². The van der Waals surface area contributed by atoms with Crippen LogP contribution >= 0.6 is 34.8 Å². The predicted octanol–water partition coefficient (Wildman–Crippen LogP) is 3.93. The third kappa shape index (κ3) is 5.68. The number of hydrogen-bond acceptors (Lipinski definition) is 3. The molecule has 0 aromatic heterocycles. The fraction of sp³-hybridized carbons (Fsp3) is 0.333. The first-order valence-electron chi connectivity index (χ1n) is 5.62. The van der Waals surface area contributed by atoms with Gasteiger partial charge in [-0.1, -0.05) is 48.1 Å². The SMILES string of the molecule is CCCC=NNC(=O)COc1cc(Cl)c(Cl)cc1Cl. The summed E-state index contributed by atoms with van der Waals surface area (Å²) in [5.74, 6) is -0.0850. The number of benzene rings is 1. The van der Waals surface area contributed by atoms with Crippen LogP contribution in [0, 0.1) is 0 Å². The average molecular weight is 324 g/mol. The average Bonchev–Trinajstić information content (AvgIpc) is 2.37. The van der Waals surface area contributed by atoms with E-state index in [0.717, 1.165) is 12.8 Å². The predicted molar refractivity (Wildman–Crippen MR) is 78.5 cm³/mol. The van der Waals surface area contributed by atoms with E-state index in [4.69, 9.17) is 39.5 Å². The van der Waals surface area contributed by atoms with E-state index in [2.05, 4.69) is 10.5 Å². The Morgan fingerprint density at radius 3 is 2.68 bits per heavy atom. The highest BCUT2D eigenvalue weighted by atomic mass is 35.5. The maximum Gasteiger partial charge on any atom is 0.277 e. The van der Waals surface area contributed by atoms with Crippen molar-refractivity contribution >= 4 is 46.9 Å². The highest BCUT2D eigenvalue weighted by molar-refractivity contribution is 6.43. The van der Waals surface area contributed by atoms with Gasteiger partial charge in [0.15, 0.2) is 6.61 Å². The molecule has 1 N–H and O–H groups in total. The molecular formula is C12H13Cl3N2O2. The molecule has 0 atom stereocenters. The molecule has 0 saturated heterocycles. The molecule has 104 valence electrons. The summed E-state index contributed by atoms with van der Waals surface area (Å²) in [7, 11) is 0. The molecule has 1 aromatic carbocycles. The number of halogens is 3. The molecule has 1 amide bonds. The molecule has 0 unspecified atom stereocenters. The Labute approximate surface area is 126 Å². The quantitative estimate of drug-likeness (QED) is 0.490. The van der Waals surface area contributed by atoms with Crippen molar-refractivity contribution in [3.63, 3.8) is 0 Å². The van der Waals surface area contributed by atoms with Gasteiger partial charge in [-0.15, -0.1) is 0 Å². The number of carbonyl (C=O) groups excluding carboxylic acids is 1. The van der Waals surface area contributed by atoms with E-state index < -0.39 is 0 Å². The summed E-state index contributed by atoms with van der Waals surface area (Å²) < 4.78 is 5.23. The Balaban J connectivity index is 2.48. The first-order valence-corrected chi connectivity index (χ1v) is 6.75. The van der Waals surface area contributed by atoms with E-state index in [-0.39, 0.29) is 17.5 Å². The fourth-order valence-electron chi connectivity index (χ4n) is 1.10. The molecule has 0 spiro atoms. The van der Waals surface area contributed by atoms with Crippen molar-refractivity contribution in [3.8, 4) is 5.75 Å². The lowest BCUT2D eigenvalue weighted by atomic mass is 10.3. The van der Waals surface area contributed by atoms with Crippen LogP contribution in [0.2, 0.25) is 15.1 Å². The van der Waals surface area contributed by atoms with E-state index >= 15 is 0 Å². The normalized spacial score (nSPS) is 10.7. The van der Waals surface area contributed by atoms with Gasteiger partial charge in [0.05, 0.1) is 15.1 Å². The highest BCUT2D eigenvalue weighted by Crippen LogP contribution is 2.33. The minimum Gasteiger partial charge on any atom is -0.482 e. The molecule has 7 heteroatoms. The Hall–Kier alpha value is -0.970. The molecule has 0 bridgehead atoms. The largest absolute Gasteiger partial charge is 0.482 e. The second kappa shape index (κ2) is 8.25. The first-order chi connectivity index (χ1) is 9.04. The van der Waals surface area contributed by atoms with Gasteiger partial charge in [0, 0.05) is 12.3 Å². The number of nitrogens with zero attached hydrogens (tertiary/aromatic N) is 1. The topological polar surface area (TPSA) is 50.7 Å². The van der Waals surface area contributed by atoms with Gasteiger partial charge in [-0.25, -0.2) is 5.43 Å². The summed E-state index contributed by atoms with van der Waals surface area (Å²) in [4.78, 5) is 11.4. The maximum atomic E-state index is 11.4. The molecule has 0 aliphatic rings. The molecule has 4 nitrogen and oxygen atoms in total.